The highest BCUT2D eigenvalue weighted by Crippen LogP contribution is 2.31. The third-order valence-corrected chi connectivity index (χ3v) is 6.31. The smallest absolute Gasteiger partial charge is 0.224 e. The van der Waals surface area contributed by atoms with Crippen LogP contribution in [-0.4, -0.2) is 57.1 Å². The molecule has 1 amide bonds. The maximum atomic E-state index is 13.8. The highest BCUT2D eigenvalue weighted by atomic mass is 19.1. The second kappa shape index (κ2) is 15.4. The third kappa shape index (κ3) is 9.76. The number of nitrogens with two attached hydrogens (primary N) is 1. The largest absolute Gasteiger partial charge is 0.493 e. The highest BCUT2D eigenvalue weighted by molar-refractivity contribution is 5.78. The van der Waals surface area contributed by atoms with Crippen molar-refractivity contribution < 1.29 is 28.5 Å². The van der Waals surface area contributed by atoms with Gasteiger partial charge in [-0.05, 0) is 54.0 Å². The Labute approximate surface area is 214 Å². The first-order chi connectivity index (χ1) is 17.2. The average molecular weight is 505 g/mol. The minimum Gasteiger partial charge on any atom is -0.493 e. The number of hydrogen-bond acceptors (Lipinski definition) is 6. The van der Waals surface area contributed by atoms with Gasteiger partial charge in [0, 0.05) is 32.7 Å². The van der Waals surface area contributed by atoms with Gasteiger partial charge in [-0.3, -0.25) is 4.79 Å². The fourth-order valence-corrected chi connectivity index (χ4v) is 3.99. The lowest BCUT2D eigenvalue weighted by atomic mass is 9.83. The van der Waals surface area contributed by atoms with Crippen LogP contribution in [0.3, 0.4) is 0 Å². The number of aliphatic hydroxyl groups excluding tert-OH is 1. The van der Waals surface area contributed by atoms with E-state index in [9.17, 15) is 14.3 Å². The molecule has 0 aromatic heterocycles. The number of nitrogens with one attached hydrogen (secondary N) is 1. The monoisotopic (exact) mass is 504 g/mol. The minimum absolute atomic E-state index is 0.0151. The summed E-state index contributed by atoms with van der Waals surface area (Å²) in [5, 5.41) is 13.2. The number of aliphatic hydroxyl groups is 1. The van der Waals surface area contributed by atoms with E-state index < -0.39 is 18.0 Å². The number of amides is 1. The first-order valence-corrected chi connectivity index (χ1v) is 12.5. The van der Waals surface area contributed by atoms with Gasteiger partial charge in [0.1, 0.15) is 5.82 Å². The van der Waals surface area contributed by atoms with Crippen LogP contribution >= 0.6 is 0 Å². The Morgan fingerprint density at radius 2 is 1.86 bits per heavy atom. The van der Waals surface area contributed by atoms with Gasteiger partial charge in [0.15, 0.2) is 11.5 Å². The Morgan fingerprint density at radius 3 is 2.53 bits per heavy atom. The Balaban J connectivity index is 1.92. The van der Waals surface area contributed by atoms with Gasteiger partial charge in [0.05, 0.1) is 26.2 Å². The molecule has 0 unspecified atom stereocenters. The lowest BCUT2D eigenvalue weighted by molar-refractivity contribution is -0.121. The van der Waals surface area contributed by atoms with Crippen molar-refractivity contribution in [1.29, 1.82) is 0 Å². The van der Waals surface area contributed by atoms with Crippen LogP contribution in [0, 0.1) is 17.7 Å². The van der Waals surface area contributed by atoms with Crippen LogP contribution < -0.4 is 20.5 Å². The second-order valence-electron chi connectivity index (χ2n) is 9.43. The van der Waals surface area contributed by atoms with Crippen molar-refractivity contribution in [3.63, 3.8) is 0 Å². The summed E-state index contributed by atoms with van der Waals surface area (Å²) in [5.41, 5.74) is 7.73. The van der Waals surface area contributed by atoms with Gasteiger partial charge in [0.2, 0.25) is 5.91 Å². The standard InChI is InChI=1S/C28H41FN2O5/c1-19(2)22(14-20-10-11-26(35-4)27(15-20)36-13-7-12-34-3)16-24(30)25(32)18-31-28(33)17-21-8-5-6-9-23(21)29/h5-6,8-11,15,19,22,24-25,32H,7,12-14,16-18,30H2,1-4H3,(H,31,33)/t22-,24-,25-/m0/s1. The number of benzene rings is 2. The molecule has 36 heavy (non-hydrogen) atoms. The molecule has 0 bridgehead atoms. The normalized spacial score (nSPS) is 13.8. The minimum atomic E-state index is -0.911. The summed E-state index contributed by atoms with van der Waals surface area (Å²) < 4.78 is 30.2. The first-order valence-electron chi connectivity index (χ1n) is 12.5. The van der Waals surface area contributed by atoms with Gasteiger partial charge in [-0.1, -0.05) is 38.1 Å². The SMILES string of the molecule is COCCCOc1cc(C[C@@H](C[C@H](N)[C@@H](O)CNC(=O)Cc2ccccc2F)C(C)C)ccc1OC. The molecule has 2 rings (SSSR count). The predicted molar refractivity (Wildman–Crippen MR) is 139 cm³/mol. The molecule has 2 aromatic carbocycles. The zero-order valence-corrected chi connectivity index (χ0v) is 21.8. The Kier molecular flexibility index (Phi) is 12.7. The van der Waals surface area contributed by atoms with Gasteiger partial charge in [-0.2, -0.15) is 0 Å². The second-order valence-corrected chi connectivity index (χ2v) is 9.43. The van der Waals surface area contributed by atoms with Crippen LogP contribution in [0.15, 0.2) is 42.5 Å². The van der Waals surface area contributed by atoms with Crippen LogP contribution in [0.5, 0.6) is 11.5 Å². The van der Waals surface area contributed by atoms with E-state index in [0.29, 0.717) is 42.6 Å². The summed E-state index contributed by atoms with van der Waals surface area (Å²) in [5.74, 6) is 1.12. The lowest BCUT2D eigenvalue weighted by Crippen LogP contribution is -2.45. The number of ether oxygens (including phenoxy) is 3. The van der Waals surface area contributed by atoms with Crippen LogP contribution in [0.4, 0.5) is 4.39 Å². The number of halogens is 1. The van der Waals surface area contributed by atoms with Crippen LogP contribution in [0.1, 0.15) is 37.8 Å². The van der Waals surface area contributed by atoms with E-state index in [2.05, 4.69) is 19.2 Å². The quantitative estimate of drug-likeness (QED) is 0.303. The number of methoxy groups -OCH3 is 2. The maximum absolute atomic E-state index is 13.8. The molecule has 0 spiro atoms. The highest BCUT2D eigenvalue weighted by Gasteiger charge is 2.23. The summed E-state index contributed by atoms with van der Waals surface area (Å²) in [4.78, 5) is 12.2. The molecule has 0 aliphatic rings. The van der Waals surface area contributed by atoms with Crippen molar-refractivity contribution in [2.24, 2.45) is 17.6 Å². The van der Waals surface area contributed by atoms with Gasteiger partial charge in [-0.15, -0.1) is 0 Å². The molecule has 0 heterocycles. The third-order valence-electron chi connectivity index (χ3n) is 6.31. The molecule has 0 aliphatic heterocycles. The summed E-state index contributed by atoms with van der Waals surface area (Å²) in [6, 6.07) is 11.5. The molecule has 0 aliphatic carbocycles. The molecule has 0 radical (unpaired) electrons. The van der Waals surface area contributed by atoms with Gasteiger partial charge >= 0.3 is 0 Å². The van der Waals surface area contributed by atoms with Crippen molar-refractivity contribution in [2.45, 2.75) is 51.7 Å². The Bertz CT molecular complexity index is 940. The number of hydrogen-bond donors (Lipinski definition) is 3. The van der Waals surface area contributed by atoms with Gasteiger partial charge in [0.25, 0.3) is 0 Å². The summed E-state index contributed by atoms with van der Waals surface area (Å²) >= 11 is 0. The van der Waals surface area contributed by atoms with Crippen molar-refractivity contribution in [1.82, 2.24) is 5.32 Å². The van der Waals surface area contributed by atoms with E-state index in [-0.39, 0.29) is 24.8 Å². The molecular weight excluding hydrogens is 463 g/mol. The van der Waals surface area contributed by atoms with Gasteiger partial charge < -0.3 is 30.4 Å². The van der Waals surface area contributed by atoms with Crippen molar-refractivity contribution in [3.05, 3.63) is 59.4 Å². The summed E-state index contributed by atoms with van der Waals surface area (Å²) in [6.07, 6.45) is 1.12. The number of carbonyl (C=O) groups excluding carboxylic acids is 1. The van der Waals surface area contributed by atoms with Crippen LogP contribution in [0.25, 0.3) is 0 Å². The van der Waals surface area contributed by atoms with Gasteiger partial charge in [-0.25, -0.2) is 4.39 Å². The molecule has 2 aromatic rings. The van der Waals surface area contributed by atoms with Crippen LogP contribution in [-0.2, 0) is 22.4 Å². The van der Waals surface area contributed by atoms with E-state index in [1.54, 1.807) is 32.4 Å². The van der Waals surface area contributed by atoms with Crippen molar-refractivity contribution in [2.75, 3.05) is 34.0 Å². The molecule has 7 nitrogen and oxygen atoms in total. The molecule has 0 saturated carbocycles. The fraction of sp³-hybridized carbons (Fsp3) is 0.536. The van der Waals surface area contributed by atoms with Crippen molar-refractivity contribution in [3.8, 4) is 11.5 Å². The lowest BCUT2D eigenvalue weighted by Gasteiger charge is -2.27. The maximum Gasteiger partial charge on any atom is 0.224 e. The summed E-state index contributed by atoms with van der Waals surface area (Å²) in [6.45, 7) is 5.43. The molecule has 3 atom stereocenters. The number of rotatable bonds is 16. The summed E-state index contributed by atoms with van der Waals surface area (Å²) in [7, 11) is 3.28. The molecule has 0 fully saturated rings. The molecule has 4 N–H and O–H groups in total. The average Bonchev–Trinajstić information content (AvgIpc) is 2.86. The Morgan fingerprint density at radius 1 is 1.11 bits per heavy atom. The molecule has 200 valence electrons. The molecule has 0 saturated heterocycles. The zero-order valence-electron chi connectivity index (χ0n) is 21.8. The van der Waals surface area contributed by atoms with Crippen molar-refractivity contribution >= 4 is 5.91 Å². The van der Waals surface area contributed by atoms with E-state index in [0.717, 1.165) is 18.4 Å². The fourth-order valence-electron chi connectivity index (χ4n) is 3.99. The van der Waals surface area contributed by atoms with E-state index in [1.165, 1.54) is 6.07 Å². The van der Waals surface area contributed by atoms with Crippen LogP contribution in [0.2, 0.25) is 0 Å². The molecular formula is C28H41FN2O5. The number of carbonyl (C=O) groups is 1. The van der Waals surface area contributed by atoms with E-state index in [1.807, 2.05) is 18.2 Å². The predicted octanol–water partition coefficient (Wildman–Crippen LogP) is 3.50. The topological polar surface area (TPSA) is 103 Å². The van der Waals surface area contributed by atoms with E-state index >= 15 is 0 Å². The molecule has 8 heteroatoms. The zero-order chi connectivity index (χ0) is 26.5. The first kappa shape index (κ1) is 29.5. The van der Waals surface area contributed by atoms with E-state index in [4.69, 9.17) is 19.9 Å². The Hall–Kier alpha value is -2.68.